The molecule has 0 fully saturated rings. The fraction of sp³-hybridized carbons (Fsp3) is 0.429. The van der Waals surface area contributed by atoms with E-state index in [1.165, 1.54) is 0 Å². The summed E-state index contributed by atoms with van der Waals surface area (Å²) in [6.07, 6.45) is 1.60. The number of anilines is 1. The van der Waals surface area contributed by atoms with Crippen molar-refractivity contribution in [1.29, 1.82) is 0 Å². The second kappa shape index (κ2) is 3.26. The van der Waals surface area contributed by atoms with Crippen LogP contribution in [0.5, 0.6) is 0 Å². The van der Waals surface area contributed by atoms with Crippen LogP contribution in [0.4, 0.5) is 5.82 Å². The molecule has 70 valence electrons. The molecule has 1 aromatic heterocycles. The van der Waals surface area contributed by atoms with E-state index < -0.39 is 0 Å². The Morgan fingerprint density at radius 3 is 3.08 bits per heavy atom. The molecule has 1 aliphatic rings. The van der Waals surface area contributed by atoms with Gasteiger partial charge in [0, 0.05) is 13.6 Å². The van der Waals surface area contributed by atoms with Gasteiger partial charge in [-0.25, -0.2) is 0 Å². The lowest BCUT2D eigenvalue weighted by atomic mass is 10.6. The Kier molecular flexibility index (Phi) is 2.10. The van der Waals surface area contributed by atoms with Crippen LogP contribution in [0.2, 0.25) is 5.02 Å². The van der Waals surface area contributed by atoms with Crippen molar-refractivity contribution in [3.63, 3.8) is 0 Å². The van der Waals surface area contributed by atoms with Crippen molar-refractivity contribution in [2.45, 2.75) is 0 Å². The Labute approximate surface area is 80.8 Å². The molecule has 0 amide bonds. The van der Waals surface area contributed by atoms with Gasteiger partial charge in [0.05, 0.1) is 12.7 Å². The number of hydrogen-bond donors (Lipinski definition) is 2. The predicted molar refractivity (Wildman–Crippen MR) is 52.1 cm³/mol. The van der Waals surface area contributed by atoms with E-state index in [-0.39, 0.29) is 0 Å². The van der Waals surface area contributed by atoms with Crippen LogP contribution in [-0.2, 0) is 7.05 Å². The number of nitrogens with zero attached hydrogens (tertiary/aromatic N) is 3. The Balaban J connectivity index is 2.16. The Morgan fingerprint density at radius 1 is 1.69 bits per heavy atom. The lowest BCUT2D eigenvalue weighted by Crippen LogP contribution is -2.27. The second-order valence-electron chi connectivity index (χ2n) is 2.75. The number of nitrogens with one attached hydrogen (secondary N) is 2. The predicted octanol–water partition coefficient (Wildman–Crippen LogP) is 0.445. The Bertz CT molecular complexity index is 323. The summed E-state index contributed by atoms with van der Waals surface area (Å²) in [5.41, 5.74) is 0. The molecular weight excluding hydrogens is 190 g/mol. The van der Waals surface area contributed by atoms with Gasteiger partial charge in [0.1, 0.15) is 10.8 Å². The fourth-order valence-corrected chi connectivity index (χ4v) is 1.36. The number of aryl methyl sites for hydroxylation is 1. The highest BCUT2D eigenvalue weighted by Gasteiger charge is 2.10. The summed E-state index contributed by atoms with van der Waals surface area (Å²) in [6, 6.07) is 0. The molecule has 6 heteroatoms. The molecule has 0 spiro atoms. The molecule has 0 saturated heterocycles. The van der Waals surface area contributed by atoms with Crippen LogP contribution in [0.15, 0.2) is 11.2 Å². The molecule has 2 N–H and O–H groups in total. The maximum Gasteiger partial charge on any atom is 0.197 e. The van der Waals surface area contributed by atoms with Crippen molar-refractivity contribution in [3.8, 4) is 0 Å². The van der Waals surface area contributed by atoms with Crippen molar-refractivity contribution in [1.82, 2.24) is 15.1 Å². The average Bonchev–Trinajstić information content (AvgIpc) is 2.70. The van der Waals surface area contributed by atoms with Gasteiger partial charge in [0.2, 0.25) is 0 Å². The molecule has 2 rings (SSSR count). The Morgan fingerprint density at radius 2 is 2.54 bits per heavy atom. The van der Waals surface area contributed by atoms with Gasteiger partial charge in [-0.2, -0.15) is 5.10 Å². The zero-order chi connectivity index (χ0) is 9.26. The van der Waals surface area contributed by atoms with E-state index in [0.29, 0.717) is 5.02 Å². The number of aromatic nitrogens is 2. The quantitative estimate of drug-likeness (QED) is 0.691. The van der Waals surface area contributed by atoms with Gasteiger partial charge < -0.3 is 10.6 Å². The monoisotopic (exact) mass is 199 g/mol. The molecule has 0 unspecified atom stereocenters. The largest absolute Gasteiger partial charge is 0.354 e. The van der Waals surface area contributed by atoms with E-state index in [4.69, 9.17) is 11.6 Å². The molecule has 1 aromatic rings. The third kappa shape index (κ3) is 1.60. The third-order valence-electron chi connectivity index (χ3n) is 1.81. The first-order valence-electron chi connectivity index (χ1n) is 4.00. The number of hydrogen-bond acceptors (Lipinski definition) is 4. The first kappa shape index (κ1) is 8.37. The first-order valence-corrected chi connectivity index (χ1v) is 4.38. The van der Waals surface area contributed by atoms with Gasteiger partial charge in [0.15, 0.2) is 5.96 Å². The molecule has 5 nitrogen and oxygen atoms in total. The van der Waals surface area contributed by atoms with Crippen molar-refractivity contribution in [2.75, 3.05) is 18.4 Å². The molecule has 0 radical (unpaired) electrons. The van der Waals surface area contributed by atoms with Crippen LogP contribution >= 0.6 is 11.6 Å². The van der Waals surface area contributed by atoms with Crippen LogP contribution < -0.4 is 10.6 Å². The highest BCUT2D eigenvalue weighted by molar-refractivity contribution is 6.33. The molecule has 0 atom stereocenters. The van der Waals surface area contributed by atoms with E-state index in [9.17, 15) is 0 Å². The fourth-order valence-electron chi connectivity index (χ4n) is 1.15. The van der Waals surface area contributed by atoms with E-state index in [2.05, 4.69) is 20.7 Å². The lowest BCUT2D eigenvalue weighted by Gasteiger charge is -2.06. The lowest BCUT2D eigenvalue weighted by molar-refractivity contribution is 0.777. The summed E-state index contributed by atoms with van der Waals surface area (Å²) in [6.45, 7) is 1.68. The van der Waals surface area contributed by atoms with Crippen molar-refractivity contribution in [2.24, 2.45) is 12.0 Å². The highest BCUT2D eigenvalue weighted by atomic mass is 35.5. The van der Waals surface area contributed by atoms with Crippen molar-refractivity contribution < 1.29 is 0 Å². The van der Waals surface area contributed by atoms with E-state index in [1.807, 2.05) is 7.05 Å². The normalized spacial score (nSPS) is 15.4. The standard InChI is InChI=1S/C7H10ClN5/c1-13-6(5(8)4-11-13)12-7-9-2-3-10-7/h4H,2-3H2,1H3,(H2,9,10,12). The molecule has 0 aromatic carbocycles. The first-order chi connectivity index (χ1) is 6.27. The molecule has 2 heterocycles. The van der Waals surface area contributed by atoms with E-state index >= 15 is 0 Å². The van der Waals surface area contributed by atoms with Gasteiger partial charge in [0.25, 0.3) is 0 Å². The molecular formula is C7H10ClN5. The summed E-state index contributed by atoms with van der Waals surface area (Å²) >= 11 is 5.89. The number of halogens is 1. The SMILES string of the molecule is Cn1ncc(Cl)c1NC1=NCCN1. The number of guanidine groups is 1. The highest BCUT2D eigenvalue weighted by Crippen LogP contribution is 2.19. The van der Waals surface area contributed by atoms with Gasteiger partial charge in [-0.05, 0) is 0 Å². The van der Waals surface area contributed by atoms with Gasteiger partial charge in [-0.1, -0.05) is 11.6 Å². The summed E-state index contributed by atoms with van der Waals surface area (Å²) in [7, 11) is 1.82. The summed E-state index contributed by atoms with van der Waals surface area (Å²) in [4.78, 5) is 4.19. The van der Waals surface area contributed by atoms with Crippen molar-refractivity contribution >= 4 is 23.4 Å². The summed E-state index contributed by atoms with van der Waals surface area (Å²) < 4.78 is 1.67. The summed E-state index contributed by atoms with van der Waals surface area (Å²) in [5.74, 6) is 1.51. The van der Waals surface area contributed by atoms with Crippen LogP contribution in [0.25, 0.3) is 0 Å². The zero-order valence-corrected chi connectivity index (χ0v) is 7.97. The maximum atomic E-state index is 5.89. The molecule has 1 aliphatic heterocycles. The molecule has 13 heavy (non-hydrogen) atoms. The average molecular weight is 200 g/mol. The van der Waals surface area contributed by atoms with Gasteiger partial charge in [-0.3, -0.25) is 9.67 Å². The number of rotatable bonds is 1. The second-order valence-corrected chi connectivity index (χ2v) is 3.15. The van der Waals surface area contributed by atoms with E-state index in [0.717, 1.165) is 24.9 Å². The molecule has 0 aliphatic carbocycles. The minimum absolute atomic E-state index is 0.596. The third-order valence-corrected chi connectivity index (χ3v) is 2.08. The van der Waals surface area contributed by atoms with Crippen molar-refractivity contribution in [3.05, 3.63) is 11.2 Å². The molecule has 0 saturated carbocycles. The van der Waals surface area contributed by atoms with Gasteiger partial charge >= 0.3 is 0 Å². The smallest absolute Gasteiger partial charge is 0.197 e. The van der Waals surface area contributed by atoms with Crippen LogP contribution in [0.1, 0.15) is 0 Å². The minimum atomic E-state index is 0.596. The minimum Gasteiger partial charge on any atom is -0.354 e. The maximum absolute atomic E-state index is 5.89. The van der Waals surface area contributed by atoms with E-state index in [1.54, 1.807) is 10.9 Å². The number of aliphatic imine (C=N–C) groups is 1. The van der Waals surface area contributed by atoms with Crippen LogP contribution in [0, 0.1) is 0 Å². The van der Waals surface area contributed by atoms with Crippen LogP contribution in [-0.4, -0.2) is 28.8 Å². The zero-order valence-electron chi connectivity index (χ0n) is 7.21. The van der Waals surface area contributed by atoms with Crippen LogP contribution in [0.3, 0.4) is 0 Å². The topological polar surface area (TPSA) is 54.2 Å². The molecule has 0 bridgehead atoms. The summed E-state index contributed by atoms with van der Waals surface area (Å²) in [5, 5.41) is 10.7. The Hall–Kier alpha value is -1.23. The van der Waals surface area contributed by atoms with Gasteiger partial charge in [-0.15, -0.1) is 0 Å².